The van der Waals surface area contributed by atoms with Crippen LogP contribution in [0.4, 0.5) is 0 Å². The molecule has 0 aliphatic rings. The molecule has 0 atom stereocenters. The Morgan fingerprint density at radius 1 is 1.33 bits per heavy atom. The molecule has 6 heavy (non-hydrogen) atoms. The average molecular weight is 135 g/mol. The summed E-state index contributed by atoms with van der Waals surface area (Å²) in [6.45, 7) is 5.97. The molecule has 0 fully saturated rings. The van der Waals surface area contributed by atoms with Crippen LogP contribution < -0.4 is 0 Å². The molecule has 0 aromatic heterocycles. The third-order valence-corrected chi connectivity index (χ3v) is 0.500. The first-order chi connectivity index (χ1) is 2.27. The number of hydrogen-bond donors (Lipinski definition) is 0. The standard InChI is InChI=1S/C5H9.Zn/c1-4-5(2)3;/h1-3H3;/q-1;. The van der Waals surface area contributed by atoms with Crippen molar-refractivity contribution >= 4 is 0 Å². The molecule has 0 N–H and O–H groups in total. The first-order valence-corrected chi connectivity index (χ1v) is 1.75. The SMILES string of the molecule is C[C-]=C(C)C.[Zn]. The Balaban J connectivity index is 0. The molecule has 32 valence electrons. The van der Waals surface area contributed by atoms with Crippen molar-refractivity contribution < 1.29 is 19.5 Å². The molecule has 0 amide bonds. The molecule has 0 unspecified atom stereocenters. The molecule has 0 aliphatic carbocycles. The van der Waals surface area contributed by atoms with Crippen molar-refractivity contribution in [1.29, 1.82) is 0 Å². The van der Waals surface area contributed by atoms with Crippen LogP contribution in [0.15, 0.2) is 5.57 Å². The van der Waals surface area contributed by atoms with Crippen LogP contribution in [-0.2, 0) is 19.5 Å². The van der Waals surface area contributed by atoms with E-state index in [9.17, 15) is 0 Å². The summed E-state index contributed by atoms with van der Waals surface area (Å²) in [4.78, 5) is 0. The van der Waals surface area contributed by atoms with Gasteiger partial charge in [-0.2, -0.15) is 6.92 Å². The largest absolute Gasteiger partial charge is 0.501 e. The summed E-state index contributed by atoms with van der Waals surface area (Å²) in [6.07, 6.45) is 2.94. The first-order valence-electron chi connectivity index (χ1n) is 1.75. The molecule has 0 aromatic carbocycles. The Morgan fingerprint density at radius 2 is 1.50 bits per heavy atom. The Kier molecular flexibility index (Phi) is 8.59. The van der Waals surface area contributed by atoms with Crippen LogP contribution in [0.25, 0.3) is 0 Å². The van der Waals surface area contributed by atoms with Crippen molar-refractivity contribution in [3.05, 3.63) is 11.6 Å². The van der Waals surface area contributed by atoms with Gasteiger partial charge in [-0.1, -0.05) is 13.8 Å². The molecule has 0 aliphatic heterocycles. The van der Waals surface area contributed by atoms with Crippen LogP contribution in [0, 0.1) is 6.08 Å². The van der Waals surface area contributed by atoms with E-state index in [1.165, 1.54) is 5.57 Å². The quantitative estimate of drug-likeness (QED) is 0.350. The Hall–Kier alpha value is 0.363. The van der Waals surface area contributed by atoms with E-state index in [0.29, 0.717) is 0 Å². The predicted molar refractivity (Wildman–Crippen MR) is 23.8 cm³/mol. The van der Waals surface area contributed by atoms with Crippen LogP contribution in [0.1, 0.15) is 20.8 Å². The second-order valence-electron chi connectivity index (χ2n) is 1.25. The van der Waals surface area contributed by atoms with Crippen LogP contribution in [0.2, 0.25) is 0 Å². The van der Waals surface area contributed by atoms with E-state index in [-0.39, 0.29) is 19.5 Å². The third-order valence-electron chi connectivity index (χ3n) is 0.500. The minimum absolute atomic E-state index is 0. The molecule has 0 rings (SSSR count). The maximum absolute atomic E-state index is 2.94. The van der Waals surface area contributed by atoms with Crippen LogP contribution >= 0.6 is 0 Å². The summed E-state index contributed by atoms with van der Waals surface area (Å²) in [6, 6.07) is 0. The van der Waals surface area contributed by atoms with Gasteiger partial charge in [0.2, 0.25) is 0 Å². The number of hydrogen-bond acceptors (Lipinski definition) is 0. The first kappa shape index (κ1) is 9.61. The maximum Gasteiger partial charge on any atom is 0 e. The third kappa shape index (κ3) is 8.84. The van der Waals surface area contributed by atoms with E-state index in [1.54, 1.807) is 0 Å². The van der Waals surface area contributed by atoms with Gasteiger partial charge in [-0.15, -0.1) is 0 Å². The van der Waals surface area contributed by atoms with Crippen molar-refractivity contribution in [2.45, 2.75) is 20.8 Å². The van der Waals surface area contributed by atoms with E-state index in [0.717, 1.165) is 0 Å². The summed E-state index contributed by atoms with van der Waals surface area (Å²) >= 11 is 0. The second-order valence-corrected chi connectivity index (χ2v) is 1.25. The van der Waals surface area contributed by atoms with Gasteiger partial charge in [0, 0.05) is 19.5 Å². The second kappa shape index (κ2) is 5.36. The fourth-order valence-corrected chi connectivity index (χ4v) is 0. The fourth-order valence-electron chi connectivity index (χ4n) is 0. The van der Waals surface area contributed by atoms with E-state index in [2.05, 4.69) is 6.08 Å². The molecule has 0 spiro atoms. The van der Waals surface area contributed by atoms with Gasteiger partial charge in [-0.3, -0.25) is 5.57 Å². The minimum Gasteiger partial charge on any atom is -0.501 e. The normalized spacial score (nSPS) is 5.83. The molecule has 0 nitrogen and oxygen atoms in total. The van der Waals surface area contributed by atoms with Crippen LogP contribution in [0.3, 0.4) is 0 Å². The molecule has 0 heterocycles. The van der Waals surface area contributed by atoms with Gasteiger partial charge < -0.3 is 6.08 Å². The van der Waals surface area contributed by atoms with Gasteiger partial charge in [0.1, 0.15) is 0 Å². The van der Waals surface area contributed by atoms with Crippen molar-refractivity contribution in [1.82, 2.24) is 0 Å². The Labute approximate surface area is 52.4 Å². The molecule has 1 heteroatoms. The molecular formula is C5H9Zn-. The molecule has 0 radical (unpaired) electrons. The van der Waals surface area contributed by atoms with Crippen molar-refractivity contribution in [2.24, 2.45) is 0 Å². The van der Waals surface area contributed by atoms with E-state index < -0.39 is 0 Å². The average Bonchev–Trinajstić information content (AvgIpc) is 1.38. The van der Waals surface area contributed by atoms with Gasteiger partial charge in [0.15, 0.2) is 0 Å². The van der Waals surface area contributed by atoms with E-state index in [4.69, 9.17) is 0 Å². The van der Waals surface area contributed by atoms with Gasteiger partial charge in [-0.05, 0) is 0 Å². The summed E-state index contributed by atoms with van der Waals surface area (Å²) in [5.41, 5.74) is 1.25. The minimum atomic E-state index is 0. The van der Waals surface area contributed by atoms with Gasteiger partial charge in [0.05, 0.1) is 0 Å². The fraction of sp³-hybridized carbons (Fsp3) is 0.600. The zero-order chi connectivity index (χ0) is 4.28. The van der Waals surface area contributed by atoms with Gasteiger partial charge in [-0.25, -0.2) is 0 Å². The summed E-state index contributed by atoms with van der Waals surface area (Å²) in [5, 5.41) is 0. The molecule has 0 saturated carbocycles. The van der Waals surface area contributed by atoms with Gasteiger partial charge >= 0.3 is 0 Å². The Bertz CT molecular complexity index is 41.9. The maximum atomic E-state index is 2.94. The monoisotopic (exact) mass is 133 g/mol. The molecule has 0 saturated heterocycles. The molecule has 0 bridgehead atoms. The topological polar surface area (TPSA) is 0 Å². The Morgan fingerprint density at radius 3 is 1.50 bits per heavy atom. The number of allylic oxidation sites excluding steroid dienone is 2. The van der Waals surface area contributed by atoms with E-state index >= 15 is 0 Å². The predicted octanol–water partition coefficient (Wildman–Crippen LogP) is 1.77. The summed E-state index contributed by atoms with van der Waals surface area (Å²) in [5.74, 6) is 0. The zero-order valence-corrected chi connectivity index (χ0v) is 7.67. The molecule has 0 aromatic rings. The molecular weight excluding hydrogens is 125 g/mol. The zero-order valence-electron chi connectivity index (χ0n) is 4.71. The summed E-state index contributed by atoms with van der Waals surface area (Å²) < 4.78 is 0. The van der Waals surface area contributed by atoms with Crippen molar-refractivity contribution in [3.8, 4) is 0 Å². The van der Waals surface area contributed by atoms with Crippen LogP contribution in [-0.4, -0.2) is 0 Å². The van der Waals surface area contributed by atoms with Crippen molar-refractivity contribution in [3.63, 3.8) is 0 Å². The smallest absolute Gasteiger partial charge is 0 e. The van der Waals surface area contributed by atoms with Gasteiger partial charge in [0.25, 0.3) is 0 Å². The van der Waals surface area contributed by atoms with Crippen molar-refractivity contribution in [2.75, 3.05) is 0 Å². The van der Waals surface area contributed by atoms with Crippen LogP contribution in [0.5, 0.6) is 0 Å². The summed E-state index contributed by atoms with van der Waals surface area (Å²) in [7, 11) is 0. The number of rotatable bonds is 0. The van der Waals surface area contributed by atoms with E-state index in [1.807, 2.05) is 20.8 Å².